The van der Waals surface area contributed by atoms with E-state index >= 15 is 0 Å². The second-order valence-corrected chi connectivity index (χ2v) is 3.36. The summed E-state index contributed by atoms with van der Waals surface area (Å²) in [5.74, 6) is -0.132. The van der Waals surface area contributed by atoms with E-state index < -0.39 is 5.95 Å². The van der Waals surface area contributed by atoms with Gasteiger partial charge >= 0.3 is 0 Å². The van der Waals surface area contributed by atoms with E-state index in [4.69, 9.17) is 5.73 Å². The zero-order valence-electron chi connectivity index (χ0n) is 8.58. The van der Waals surface area contributed by atoms with Gasteiger partial charge in [0.25, 0.3) is 0 Å². The maximum atomic E-state index is 13.6. The van der Waals surface area contributed by atoms with Crippen LogP contribution in [0.3, 0.4) is 0 Å². The summed E-state index contributed by atoms with van der Waals surface area (Å²) in [4.78, 5) is 7.48. The van der Waals surface area contributed by atoms with Gasteiger partial charge in [-0.3, -0.25) is 0 Å². The zero-order valence-corrected chi connectivity index (χ0v) is 8.58. The third-order valence-electron chi connectivity index (χ3n) is 2.35. The Kier molecular flexibility index (Phi) is 1.97. The van der Waals surface area contributed by atoms with Gasteiger partial charge in [-0.25, -0.2) is 14.4 Å². The van der Waals surface area contributed by atoms with Gasteiger partial charge < -0.3 is 5.73 Å². The van der Waals surface area contributed by atoms with E-state index in [0.717, 1.165) is 0 Å². The highest BCUT2D eigenvalue weighted by atomic mass is 19.1. The lowest BCUT2D eigenvalue weighted by Crippen LogP contribution is -2.02. The van der Waals surface area contributed by atoms with Crippen LogP contribution in [0.5, 0.6) is 0 Å². The molecule has 0 atom stereocenters. The van der Waals surface area contributed by atoms with Crippen LogP contribution in [0, 0.1) is 5.95 Å². The molecule has 0 saturated heterocycles. The summed E-state index contributed by atoms with van der Waals surface area (Å²) in [6, 6.07) is 4.82. The lowest BCUT2D eigenvalue weighted by Gasteiger charge is -2.02. The van der Waals surface area contributed by atoms with Gasteiger partial charge in [-0.15, -0.1) is 10.2 Å². The minimum absolute atomic E-state index is 0.200. The maximum Gasteiger partial charge on any atom is 0.223 e. The summed E-state index contributed by atoms with van der Waals surface area (Å²) in [7, 11) is 0. The van der Waals surface area contributed by atoms with Crippen molar-refractivity contribution in [3.05, 3.63) is 36.5 Å². The average molecular weight is 230 g/mol. The molecule has 84 valence electrons. The van der Waals surface area contributed by atoms with Crippen molar-refractivity contribution in [2.45, 2.75) is 0 Å². The molecular formula is C10H7FN6. The molecule has 0 aromatic carbocycles. The quantitative estimate of drug-likeness (QED) is 0.628. The molecular weight excluding hydrogens is 223 g/mol. The Morgan fingerprint density at radius 2 is 2.00 bits per heavy atom. The van der Waals surface area contributed by atoms with Crippen LogP contribution in [0.2, 0.25) is 0 Å². The van der Waals surface area contributed by atoms with Crippen molar-refractivity contribution in [1.29, 1.82) is 0 Å². The molecule has 3 aromatic heterocycles. The first-order valence-electron chi connectivity index (χ1n) is 4.84. The van der Waals surface area contributed by atoms with Gasteiger partial charge in [0, 0.05) is 18.5 Å². The van der Waals surface area contributed by atoms with Crippen molar-refractivity contribution in [3.8, 4) is 11.4 Å². The van der Waals surface area contributed by atoms with Crippen LogP contribution in [0.15, 0.2) is 30.6 Å². The first-order valence-corrected chi connectivity index (χ1v) is 4.84. The lowest BCUT2D eigenvalue weighted by atomic mass is 10.2. The highest BCUT2D eigenvalue weighted by molar-refractivity contribution is 5.61. The molecule has 0 aliphatic heterocycles. The third-order valence-corrected chi connectivity index (χ3v) is 2.35. The first kappa shape index (κ1) is 9.64. The van der Waals surface area contributed by atoms with Gasteiger partial charge in [0.1, 0.15) is 0 Å². The fraction of sp³-hybridized carbons (Fsp3) is 0. The van der Waals surface area contributed by atoms with Crippen molar-refractivity contribution in [3.63, 3.8) is 0 Å². The first-order chi connectivity index (χ1) is 8.27. The third kappa shape index (κ3) is 1.40. The van der Waals surface area contributed by atoms with Gasteiger partial charge in [-0.05, 0) is 12.1 Å². The minimum atomic E-state index is -0.620. The standard InChI is InChI=1S/C10H7FN6/c11-8-6(2-1-4-13-8)9-16-15-7-3-5-14-10(12)17(7)9/h1-5H,(H2,12,14). The van der Waals surface area contributed by atoms with E-state index in [1.165, 1.54) is 16.8 Å². The number of aromatic nitrogens is 5. The molecule has 3 heterocycles. The summed E-state index contributed by atoms with van der Waals surface area (Å²) in [5, 5.41) is 7.80. The molecule has 0 amide bonds. The van der Waals surface area contributed by atoms with Crippen LogP contribution in [-0.2, 0) is 0 Å². The molecule has 17 heavy (non-hydrogen) atoms. The summed E-state index contributed by atoms with van der Waals surface area (Å²) < 4.78 is 15.0. The number of hydrogen-bond acceptors (Lipinski definition) is 5. The molecule has 0 aliphatic rings. The second-order valence-electron chi connectivity index (χ2n) is 3.36. The van der Waals surface area contributed by atoms with E-state index in [1.54, 1.807) is 18.2 Å². The molecule has 0 unspecified atom stereocenters. The number of pyridine rings is 1. The highest BCUT2D eigenvalue weighted by Crippen LogP contribution is 2.21. The number of rotatable bonds is 1. The smallest absolute Gasteiger partial charge is 0.223 e. The molecule has 3 aromatic rings. The minimum Gasteiger partial charge on any atom is -0.369 e. The molecule has 0 bridgehead atoms. The molecule has 0 radical (unpaired) electrons. The number of nitrogen functional groups attached to an aromatic ring is 1. The Morgan fingerprint density at radius 3 is 2.82 bits per heavy atom. The number of hydrogen-bond donors (Lipinski definition) is 1. The predicted molar refractivity (Wildman–Crippen MR) is 58.4 cm³/mol. The van der Waals surface area contributed by atoms with Crippen molar-refractivity contribution < 1.29 is 4.39 Å². The van der Waals surface area contributed by atoms with Gasteiger partial charge in [-0.1, -0.05) is 0 Å². The van der Waals surface area contributed by atoms with Gasteiger partial charge in [0.2, 0.25) is 11.9 Å². The zero-order chi connectivity index (χ0) is 11.8. The van der Waals surface area contributed by atoms with E-state index in [-0.39, 0.29) is 17.3 Å². The van der Waals surface area contributed by atoms with E-state index in [0.29, 0.717) is 5.65 Å². The molecule has 0 saturated carbocycles. The number of fused-ring (bicyclic) bond motifs is 1. The fourth-order valence-corrected chi connectivity index (χ4v) is 1.60. The topological polar surface area (TPSA) is 82.0 Å². The molecule has 6 nitrogen and oxygen atoms in total. The molecule has 3 rings (SSSR count). The Hall–Kier alpha value is -2.57. The van der Waals surface area contributed by atoms with E-state index in [9.17, 15) is 4.39 Å². The normalized spacial score (nSPS) is 10.9. The number of nitrogens with zero attached hydrogens (tertiary/aromatic N) is 5. The van der Waals surface area contributed by atoms with Gasteiger partial charge in [0.05, 0.1) is 5.56 Å². The largest absolute Gasteiger partial charge is 0.369 e. The highest BCUT2D eigenvalue weighted by Gasteiger charge is 2.14. The van der Waals surface area contributed by atoms with Crippen LogP contribution in [0.4, 0.5) is 10.3 Å². The van der Waals surface area contributed by atoms with Crippen LogP contribution >= 0.6 is 0 Å². The van der Waals surface area contributed by atoms with Gasteiger partial charge in [-0.2, -0.15) is 4.39 Å². The van der Waals surface area contributed by atoms with E-state index in [2.05, 4.69) is 20.2 Å². The van der Waals surface area contributed by atoms with Crippen LogP contribution in [-0.4, -0.2) is 24.6 Å². The maximum absolute atomic E-state index is 13.6. The summed E-state index contributed by atoms with van der Waals surface area (Å²) in [6.45, 7) is 0. The van der Waals surface area contributed by atoms with Gasteiger partial charge in [0.15, 0.2) is 11.5 Å². The average Bonchev–Trinajstić information content (AvgIpc) is 2.75. The monoisotopic (exact) mass is 230 g/mol. The van der Waals surface area contributed by atoms with Crippen LogP contribution in [0.25, 0.3) is 17.0 Å². The second kappa shape index (κ2) is 3.48. The number of anilines is 1. The Bertz CT molecular complexity index is 692. The molecule has 7 heteroatoms. The summed E-state index contributed by atoms with van der Waals surface area (Å²) in [6.07, 6.45) is 2.88. The van der Waals surface area contributed by atoms with Crippen molar-refractivity contribution in [2.24, 2.45) is 0 Å². The SMILES string of the molecule is Nc1nccc2nnc(-c3cccnc3F)n12. The van der Waals surface area contributed by atoms with E-state index in [1.807, 2.05) is 0 Å². The molecule has 0 fully saturated rings. The summed E-state index contributed by atoms with van der Waals surface area (Å²) in [5.41, 5.74) is 6.46. The number of halogens is 1. The van der Waals surface area contributed by atoms with Crippen LogP contribution in [0.1, 0.15) is 0 Å². The molecule has 2 N–H and O–H groups in total. The fourth-order valence-electron chi connectivity index (χ4n) is 1.60. The lowest BCUT2D eigenvalue weighted by molar-refractivity contribution is 0.586. The number of nitrogens with two attached hydrogens (primary N) is 1. The molecule has 0 spiro atoms. The Labute approximate surface area is 95.0 Å². The van der Waals surface area contributed by atoms with Crippen molar-refractivity contribution in [2.75, 3.05) is 5.73 Å². The molecule has 0 aliphatic carbocycles. The van der Waals surface area contributed by atoms with Crippen molar-refractivity contribution >= 4 is 11.6 Å². The van der Waals surface area contributed by atoms with Crippen LogP contribution < -0.4 is 5.73 Å². The predicted octanol–water partition coefficient (Wildman–Crippen LogP) is 0.908. The Morgan fingerprint density at radius 1 is 1.12 bits per heavy atom. The van der Waals surface area contributed by atoms with Crippen molar-refractivity contribution in [1.82, 2.24) is 24.6 Å². The Balaban J connectivity index is 2.36. The summed E-state index contributed by atoms with van der Waals surface area (Å²) >= 11 is 0.